The van der Waals surface area contributed by atoms with Crippen molar-refractivity contribution in [2.75, 3.05) is 0 Å². The molecule has 0 saturated heterocycles. The number of carboxylic acid groups (broad SMARTS) is 1. The Hall–Kier alpha value is -3.20. The van der Waals surface area contributed by atoms with E-state index in [2.05, 4.69) is 16.3 Å². The minimum absolute atomic E-state index is 0.226. The zero-order valence-electron chi connectivity index (χ0n) is 10.9. The molecular formula is C15H11N3O3. The molecule has 0 fully saturated rings. The normalized spacial score (nSPS) is 10.4. The summed E-state index contributed by atoms with van der Waals surface area (Å²) >= 11 is 0. The Morgan fingerprint density at radius 2 is 1.71 bits per heavy atom. The van der Waals surface area contributed by atoms with Gasteiger partial charge in [0.25, 0.3) is 0 Å². The number of hydrogen-bond donors (Lipinski definition) is 2. The molecule has 6 heteroatoms. The molecule has 0 heterocycles. The van der Waals surface area contributed by atoms with Crippen molar-refractivity contribution in [2.45, 2.75) is 6.42 Å². The van der Waals surface area contributed by atoms with Crippen LogP contribution in [0.1, 0.15) is 15.9 Å². The first-order chi connectivity index (χ1) is 10.1. The highest BCUT2D eigenvalue weighted by Gasteiger charge is 2.09. The molecule has 2 rings (SSSR count). The predicted octanol–water partition coefficient (Wildman–Crippen LogP) is 3.57. The monoisotopic (exact) mass is 281 g/mol. The van der Waals surface area contributed by atoms with Crippen LogP contribution in [-0.4, -0.2) is 16.2 Å². The van der Waals surface area contributed by atoms with Gasteiger partial charge in [0.1, 0.15) is 11.3 Å². The van der Waals surface area contributed by atoms with E-state index in [1.807, 2.05) is 0 Å². The number of nitrogens with zero attached hydrogens (tertiary/aromatic N) is 3. The van der Waals surface area contributed by atoms with Gasteiger partial charge in [-0.05, 0) is 35.9 Å². The zero-order valence-corrected chi connectivity index (χ0v) is 10.9. The third-order valence-corrected chi connectivity index (χ3v) is 2.71. The van der Waals surface area contributed by atoms with Gasteiger partial charge in [-0.2, -0.15) is 15.5 Å². The standard InChI is InChI=1S/C15H11N3O3/c16-8-7-10-1-3-11(4-2-10)17-18-12-5-6-14(19)13(9-12)15(20)21/h1-6,9,19H,7H2,(H,20,21). The first-order valence-corrected chi connectivity index (χ1v) is 6.04. The van der Waals surface area contributed by atoms with Gasteiger partial charge in [-0.3, -0.25) is 0 Å². The molecule has 0 saturated carbocycles. The van der Waals surface area contributed by atoms with Crippen LogP contribution in [0.15, 0.2) is 52.7 Å². The highest BCUT2D eigenvalue weighted by Crippen LogP contribution is 2.25. The molecule has 2 aromatic carbocycles. The number of rotatable bonds is 4. The summed E-state index contributed by atoms with van der Waals surface area (Å²) in [6.45, 7) is 0. The highest BCUT2D eigenvalue weighted by molar-refractivity contribution is 5.91. The van der Waals surface area contributed by atoms with Crippen molar-refractivity contribution in [3.63, 3.8) is 0 Å². The largest absolute Gasteiger partial charge is 0.507 e. The number of carbonyl (C=O) groups is 1. The number of aromatic carboxylic acids is 1. The maximum Gasteiger partial charge on any atom is 0.339 e. The molecule has 104 valence electrons. The quantitative estimate of drug-likeness (QED) is 0.835. The van der Waals surface area contributed by atoms with Gasteiger partial charge in [0, 0.05) is 0 Å². The topological polar surface area (TPSA) is 106 Å². The lowest BCUT2D eigenvalue weighted by atomic mass is 10.1. The van der Waals surface area contributed by atoms with E-state index in [0.29, 0.717) is 17.8 Å². The van der Waals surface area contributed by atoms with E-state index < -0.39 is 5.97 Å². The van der Waals surface area contributed by atoms with Crippen LogP contribution in [-0.2, 0) is 6.42 Å². The molecule has 0 spiro atoms. The Bertz CT molecular complexity index is 731. The summed E-state index contributed by atoms with van der Waals surface area (Å²) in [6, 6.07) is 13.0. The molecule has 6 nitrogen and oxygen atoms in total. The summed E-state index contributed by atoms with van der Waals surface area (Å²) in [4.78, 5) is 10.9. The fraction of sp³-hybridized carbons (Fsp3) is 0.0667. The number of benzene rings is 2. The summed E-state index contributed by atoms with van der Waals surface area (Å²) in [6.07, 6.45) is 0.331. The van der Waals surface area contributed by atoms with Crippen LogP contribution in [0, 0.1) is 11.3 Å². The Morgan fingerprint density at radius 3 is 2.33 bits per heavy atom. The van der Waals surface area contributed by atoms with Crippen LogP contribution >= 0.6 is 0 Å². The lowest BCUT2D eigenvalue weighted by Crippen LogP contribution is -1.95. The number of azo groups is 1. The number of phenols is 1. The fourth-order valence-electron chi connectivity index (χ4n) is 1.64. The average molecular weight is 281 g/mol. The minimum atomic E-state index is -1.23. The first-order valence-electron chi connectivity index (χ1n) is 6.04. The van der Waals surface area contributed by atoms with E-state index in [1.54, 1.807) is 24.3 Å². The second-order valence-electron chi connectivity index (χ2n) is 4.21. The van der Waals surface area contributed by atoms with Crippen molar-refractivity contribution in [2.24, 2.45) is 10.2 Å². The molecule has 2 N–H and O–H groups in total. The summed E-state index contributed by atoms with van der Waals surface area (Å²) < 4.78 is 0. The molecule has 0 aliphatic heterocycles. The molecule has 0 aromatic heterocycles. The van der Waals surface area contributed by atoms with Crippen LogP contribution < -0.4 is 0 Å². The van der Waals surface area contributed by atoms with Gasteiger partial charge in [0.05, 0.1) is 23.9 Å². The molecule has 2 aromatic rings. The number of aromatic hydroxyl groups is 1. The van der Waals surface area contributed by atoms with Crippen LogP contribution in [0.3, 0.4) is 0 Å². The maximum atomic E-state index is 10.9. The lowest BCUT2D eigenvalue weighted by molar-refractivity contribution is 0.0694. The predicted molar refractivity (Wildman–Crippen MR) is 75.0 cm³/mol. The van der Waals surface area contributed by atoms with Crippen LogP contribution in [0.2, 0.25) is 0 Å². The zero-order chi connectivity index (χ0) is 15.2. The summed E-state index contributed by atoms with van der Waals surface area (Å²) in [5, 5.41) is 34.8. The molecule has 0 bridgehead atoms. The third-order valence-electron chi connectivity index (χ3n) is 2.71. The van der Waals surface area contributed by atoms with E-state index in [4.69, 9.17) is 10.4 Å². The minimum Gasteiger partial charge on any atom is -0.507 e. The molecule has 0 aliphatic carbocycles. The fourth-order valence-corrected chi connectivity index (χ4v) is 1.64. The summed E-state index contributed by atoms with van der Waals surface area (Å²) in [5.74, 6) is -1.55. The van der Waals surface area contributed by atoms with Crippen molar-refractivity contribution >= 4 is 17.3 Å². The van der Waals surface area contributed by atoms with Crippen molar-refractivity contribution in [3.05, 3.63) is 53.6 Å². The van der Waals surface area contributed by atoms with Gasteiger partial charge in [-0.25, -0.2) is 4.79 Å². The third kappa shape index (κ3) is 3.64. The van der Waals surface area contributed by atoms with E-state index in [9.17, 15) is 9.90 Å². The molecular weight excluding hydrogens is 270 g/mol. The Balaban J connectivity index is 2.19. The highest BCUT2D eigenvalue weighted by atomic mass is 16.4. The van der Waals surface area contributed by atoms with Gasteiger partial charge in [0.15, 0.2) is 0 Å². The Labute approximate surface area is 120 Å². The Morgan fingerprint density at radius 1 is 1.10 bits per heavy atom. The van der Waals surface area contributed by atoms with Gasteiger partial charge < -0.3 is 10.2 Å². The second-order valence-corrected chi connectivity index (χ2v) is 4.21. The molecule has 0 aliphatic rings. The first kappa shape index (κ1) is 14.2. The molecule has 21 heavy (non-hydrogen) atoms. The smallest absolute Gasteiger partial charge is 0.339 e. The second kappa shape index (κ2) is 6.30. The number of hydrogen-bond acceptors (Lipinski definition) is 5. The van der Waals surface area contributed by atoms with Crippen LogP contribution in [0.5, 0.6) is 5.75 Å². The van der Waals surface area contributed by atoms with Crippen molar-refractivity contribution in [3.8, 4) is 11.8 Å². The van der Waals surface area contributed by atoms with E-state index >= 15 is 0 Å². The van der Waals surface area contributed by atoms with Gasteiger partial charge in [-0.1, -0.05) is 12.1 Å². The van der Waals surface area contributed by atoms with Crippen LogP contribution in [0.4, 0.5) is 11.4 Å². The van der Waals surface area contributed by atoms with E-state index in [0.717, 1.165) is 5.56 Å². The van der Waals surface area contributed by atoms with Crippen molar-refractivity contribution in [1.29, 1.82) is 5.26 Å². The number of nitriles is 1. The molecule has 0 amide bonds. The summed E-state index contributed by atoms with van der Waals surface area (Å²) in [7, 11) is 0. The van der Waals surface area contributed by atoms with Gasteiger partial charge in [-0.15, -0.1) is 0 Å². The van der Waals surface area contributed by atoms with E-state index in [1.165, 1.54) is 18.2 Å². The molecule has 0 atom stereocenters. The average Bonchev–Trinajstić information content (AvgIpc) is 2.48. The van der Waals surface area contributed by atoms with Gasteiger partial charge >= 0.3 is 5.97 Å². The molecule has 0 unspecified atom stereocenters. The lowest BCUT2D eigenvalue weighted by Gasteiger charge is -2.00. The van der Waals surface area contributed by atoms with Crippen LogP contribution in [0.25, 0.3) is 0 Å². The summed E-state index contributed by atoms with van der Waals surface area (Å²) in [5.41, 5.74) is 1.57. The molecule has 0 radical (unpaired) electrons. The number of carboxylic acids is 1. The van der Waals surface area contributed by atoms with E-state index in [-0.39, 0.29) is 11.3 Å². The SMILES string of the molecule is N#CCc1ccc(N=Nc2ccc(O)c(C(=O)O)c2)cc1. The van der Waals surface area contributed by atoms with Crippen molar-refractivity contribution < 1.29 is 15.0 Å². The Kier molecular flexibility index (Phi) is 4.26. The maximum absolute atomic E-state index is 10.9. The van der Waals surface area contributed by atoms with Crippen molar-refractivity contribution in [1.82, 2.24) is 0 Å². The van der Waals surface area contributed by atoms with Gasteiger partial charge in [0.2, 0.25) is 0 Å².